The standard InChI is InChI=1S/C29H30ClNO6/c1-18-8-3-5-11-21(18)26(32)22-14-13-20(16-23(22)30)31-24-12-6-4-9-19(24)10-7-15-36-17-25-27(33)28(34)29(35-2)37-25/h3-14,16,25,27-29,31,33-34H,15,17H2,1-2H3/t25-,27-,28-,29-/m1/s1. The normalized spacial score (nSPS) is 21.4. The number of benzene rings is 3. The van der Waals surface area contributed by atoms with E-state index >= 15 is 0 Å². The zero-order valence-electron chi connectivity index (χ0n) is 20.6. The largest absolute Gasteiger partial charge is 0.387 e. The smallest absolute Gasteiger partial charge is 0.194 e. The first-order valence-electron chi connectivity index (χ1n) is 11.9. The van der Waals surface area contributed by atoms with Crippen molar-refractivity contribution in [1.82, 2.24) is 0 Å². The van der Waals surface area contributed by atoms with E-state index in [1.807, 2.05) is 67.6 Å². The molecule has 4 rings (SSSR count). The molecule has 0 aliphatic carbocycles. The number of nitrogens with one attached hydrogen (secondary N) is 1. The third-order valence-corrected chi connectivity index (χ3v) is 6.50. The van der Waals surface area contributed by atoms with Gasteiger partial charge in [0.25, 0.3) is 0 Å². The first-order chi connectivity index (χ1) is 17.9. The highest BCUT2D eigenvalue weighted by Gasteiger charge is 2.42. The number of halogens is 1. The highest BCUT2D eigenvalue weighted by atomic mass is 35.5. The fourth-order valence-electron chi connectivity index (χ4n) is 4.14. The molecule has 1 saturated heterocycles. The molecule has 1 heterocycles. The van der Waals surface area contributed by atoms with Crippen molar-refractivity contribution in [2.45, 2.75) is 31.5 Å². The van der Waals surface area contributed by atoms with Gasteiger partial charge in [-0.25, -0.2) is 0 Å². The number of ether oxygens (including phenoxy) is 3. The maximum absolute atomic E-state index is 13.0. The minimum Gasteiger partial charge on any atom is -0.387 e. The molecular weight excluding hydrogens is 494 g/mol. The topological polar surface area (TPSA) is 97.2 Å². The lowest BCUT2D eigenvalue weighted by Crippen LogP contribution is -2.34. The summed E-state index contributed by atoms with van der Waals surface area (Å²) >= 11 is 6.50. The molecule has 0 radical (unpaired) electrons. The predicted molar refractivity (Wildman–Crippen MR) is 143 cm³/mol. The third-order valence-electron chi connectivity index (χ3n) is 6.19. The quantitative estimate of drug-likeness (QED) is 0.261. The van der Waals surface area contributed by atoms with E-state index in [4.69, 9.17) is 25.8 Å². The van der Waals surface area contributed by atoms with Crippen LogP contribution < -0.4 is 5.32 Å². The van der Waals surface area contributed by atoms with Crippen LogP contribution in [0.2, 0.25) is 5.02 Å². The van der Waals surface area contributed by atoms with E-state index in [2.05, 4.69) is 5.32 Å². The molecule has 7 nitrogen and oxygen atoms in total. The summed E-state index contributed by atoms with van der Waals surface area (Å²) in [5.41, 5.74) is 4.52. The van der Waals surface area contributed by atoms with E-state index < -0.39 is 24.6 Å². The Morgan fingerprint density at radius 3 is 2.54 bits per heavy atom. The summed E-state index contributed by atoms with van der Waals surface area (Å²) in [5.74, 6) is -0.110. The summed E-state index contributed by atoms with van der Waals surface area (Å²) in [6.45, 7) is 2.31. The number of methoxy groups -OCH3 is 1. The van der Waals surface area contributed by atoms with Gasteiger partial charge < -0.3 is 29.7 Å². The van der Waals surface area contributed by atoms with Gasteiger partial charge in [0.05, 0.1) is 18.2 Å². The molecule has 3 aromatic rings. The van der Waals surface area contributed by atoms with E-state index in [0.717, 1.165) is 22.5 Å². The Hall–Kier alpha value is -3.04. The van der Waals surface area contributed by atoms with Gasteiger partial charge in [0.1, 0.15) is 18.3 Å². The summed E-state index contributed by atoms with van der Waals surface area (Å²) < 4.78 is 16.0. The first kappa shape index (κ1) is 27.0. The first-order valence-corrected chi connectivity index (χ1v) is 12.3. The number of carbonyl (C=O) groups excluding carboxylic acids is 1. The van der Waals surface area contributed by atoms with Crippen molar-refractivity contribution in [1.29, 1.82) is 0 Å². The van der Waals surface area contributed by atoms with Crippen molar-refractivity contribution in [3.63, 3.8) is 0 Å². The van der Waals surface area contributed by atoms with Crippen LogP contribution in [0.25, 0.3) is 6.08 Å². The molecular formula is C29H30ClNO6. The average Bonchev–Trinajstić information content (AvgIpc) is 3.17. The molecule has 1 fully saturated rings. The molecule has 0 unspecified atom stereocenters. The van der Waals surface area contributed by atoms with Crippen LogP contribution in [0.15, 0.2) is 72.8 Å². The number of hydrogen-bond acceptors (Lipinski definition) is 7. The zero-order chi connectivity index (χ0) is 26.4. The van der Waals surface area contributed by atoms with E-state index in [0.29, 0.717) is 16.1 Å². The van der Waals surface area contributed by atoms with Gasteiger partial charge in [-0.1, -0.05) is 66.2 Å². The summed E-state index contributed by atoms with van der Waals surface area (Å²) in [5, 5.41) is 23.6. The van der Waals surface area contributed by atoms with Crippen LogP contribution in [-0.2, 0) is 14.2 Å². The number of aliphatic hydroxyl groups excluding tert-OH is 2. The van der Waals surface area contributed by atoms with E-state index in [1.54, 1.807) is 18.2 Å². The second kappa shape index (κ2) is 12.5. The summed E-state index contributed by atoms with van der Waals surface area (Å²) in [4.78, 5) is 13.0. The Bertz CT molecular complexity index is 1260. The van der Waals surface area contributed by atoms with E-state index in [1.165, 1.54) is 7.11 Å². The van der Waals surface area contributed by atoms with Crippen LogP contribution in [0.3, 0.4) is 0 Å². The van der Waals surface area contributed by atoms with Gasteiger partial charge in [-0.3, -0.25) is 4.79 Å². The van der Waals surface area contributed by atoms with E-state index in [-0.39, 0.29) is 19.0 Å². The molecule has 0 amide bonds. The predicted octanol–water partition coefficient (Wildman–Crippen LogP) is 4.75. The van der Waals surface area contributed by atoms with Crippen molar-refractivity contribution >= 4 is 34.8 Å². The maximum atomic E-state index is 13.0. The molecule has 37 heavy (non-hydrogen) atoms. The summed E-state index contributed by atoms with van der Waals surface area (Å²) in [7, 11) is 1.41. The highest BCUT2D eigenvalue weighted by Crippen LogP contribution is 2.28. The molecule has 1 aliphatic rings. The van der Waals surface area contributed by atoms with Crippen molar-refractivity contribution < 1.29 is 29.2 Å². The van der Waals surface area contributed by atoms with Crippen molar-refractivity contribution in [3.8, 4) is 0 Å². The van der Waals surface area contributed by atoms with E-state index in [9.17, 15) is 15.0 Å². The van der Waals surface area contributed by atoms with Crippen LogP contribution >= 0.6 is 11.6 Å². The lowest BCUT2D eigenvalue weighted by molar-refractivity contribution is -0.155. The Balaban J connectivity index is 1.37. The fraction of sp³-hybridized carbons (Fsp3) is 0.276. The second-order valence-electron chi connectivity index (χ2n) is 8.75. The van der Waals surface area contributed by atoms with Crippen LogP contribution in [0, 0.1) is 6.92 Å². The third kappa shape index (κ3) is 6.45. The molecule has 1 aliphatic heterocycles. The zero-order valence-corrected chi connectivity index (χ0v) is 21.4. The Morgan fingerprint density at radius 1 is 1.05 bits per heavy atom. The van der Waals surface area contributed by atoms with Crippen LogP contribution in [0.1, 0.15) is 27.0 Å². The highest BCUT2D eigenvalue weighted by molar-refractivity contribution is 6.35. The lowest BCUT2D eigenvalue weighted by Gasteiger charge is -2.14. The van der Waals surface area contributed by atoms with Gasteiger partial charge in [0, 0.05) is 29.6 Å². The maximum Gasteiger partial charge on any atom is 0.194 e. The van der Waals surface area contributed by atoms with Gasteiger partial charge in [0.2, 0.25) is 0 Å². The summed E-state index contributed by atoms with van der Waals surface area (Å²) in [6.07, 6.45) is 0.0779. The Morgan fingerprint density at radius 2 is 1.81 bits per heavy atom. The number of ketones is 1. The number of hydrogen-bond donors (Lipinski definition) is 3. The van der Waals surface area contributed by atoms with Gasteiger partial charge in [-0.2, -0.15) is 0 Å². The molecule has 0 spiro atoms. The monoisotopic (exact) mass is 523 g/mol. The SMILES string of the molecule is CO[C@@H]1O[C@H](COCC=Cc2ccccc2Nc2ccc(C(=O)c3ccccc3C)c(Cl)c2)[C@@H](O)[C@H]1O. The van der Waals surface area contributed by atoms with Crippen molar-refractivity contribution in [2.75, 3.05) is 25.6 Å². The molecule has 194 valence electrons. The molecule has 0 saturated carbocycles. The van der Waals surface area contributed by atoms with Gasteiger partial charge >= 0.3 is 0 Å². The minimum atomic E-state index is -1.10. The number of aryl methyl sites for hydroxylation is 1. The number of rotatable bonds is 10. The molecule has 8 heteroatoms. The summed E-state index contributed by atoms with van der Waals surface area (Å²) in [6, 6.07) is 20.5. The molecule has 0 bridgehead atoms. The number of anilines is 2. The van der Waals surface area contributed by atoms with Crippen molar-refractivity contribution in [3.05, 3.63) is 100 Å². The van der Waals surface area contributed by atoms with Crippen LogP contribution in [0.5, 0.6) is 0 Å². The average molecular weight is 524 g/mol. The fourth-order valence-corrected chi connectivity index (χ4v) is 4.40. The van der Waals surface area contributed by atoms with Gasteiger partial charge in [-0.05, 0) is 42.3 Å². The number of carbonyl (C=O) groups is 1. The van der Waals surface area contributed by atoms with Gasteiger partial charge in [0.15, 0.2) is 12.1 Å². The molecule has 3 aromatic carbocycles. The number of aliphatic hydroxyl groups is 2. The minimum absolute atomic E-state index is 0.110. The Kier molecular flexibility index (Phi) is 9.10. The molecule has 4 atom stereocenters. The van der Waals surface area contributed by atoms with Crippen LogP contribution in [0.4, 0.5) is 11.4 Å². The number of para-hydroxylation sites is 1. The Labute approximate surface area is 221 Å². The van der Waals surface area contributed by atoms with Crippen LogP contribution in [-0.4, -0.2) is 60.9 Å². The van der Waals surface area contributed by atoms with Gasteiger partial charge in [-0.15, -0.1) is 0 Å². The van der Waals surface area contributed by atoms with Crippen molar-refractivity contribution in [2.24, 2.45) is 0 Å². The molecule has 0 aromatic heterocycles. The second-order valence-corrected chi connectivity index (χ2v) is 9.16. The lowest BCUT2D eigenvalue weighted by atomic mass is 9.99. The molecule has 3 N–H and O–H groups in total.